The first-order valence-electron chi connectivity index (χ1n) is 6.23. The van der Waals surface area contributed by atoms with Crippen LogP contribution in [-0.2, 0) is 12.1 Å². The molecule has 0 aliphatic rings. The van der Waals surface area contributed by atoms with Crippen LogP contribution in [-0.4, -0.2) is 27.5 Å². The van der Waals surface area contributed by atoms with Gasteiger partial charge in [-0.1, -0.05) is 13.8 Å². The zero-order valence-electron chi connectivity index (χ0n) is 11.6. The summed E-state index contributed by atoms with van der Waals surface area (Å²) in [5.74, 6) is 0.291. The third kappa shape index (κ3) is 4.48. The van der Waals surface area contributed by atoms with Crippen molar-refractivity contribution in [2.75, 3.05) is 6.54 Å². The minimum absolute atomic E-state index is 0.0235. The van der Waals surface area contributed by atoms with Crippen molar-refractivity contribution in [3.8, 4) is 0 Å². The zero-order valence-corrected chi connectivity index (χ0v) is 11.6. The Labute approximate surface area is 104 Å². The zero-order chi connectivity index (χ0) is 13.1. The average Bonchev–Trinajstić information content (AvgIpc) is 2.65. The Kier molecular flexibility index (Phi) is 4.71. The summed E-state index contributed by atoms with van der Waals surface area (Å²) in [5.41, 5.74) is 1.17. The summed E-state index contributed by atoms with van der Waals surface area (Å²) < 4.78 is 1.96. The first-order valence-corrected chi connectivity index (χ1v) is 6.23. The van der Waals surface area contributed by atoms with Gasteiger partial charge in [0, 0.05) is 24.8 Å². The van der Waals surface area contributed by atoms with E-state index in [1.54, 1.807) is 0 Å². The highest BCUT2D eigenvalue weighted by atomic mass is 16.3. The molecule has 0 aromatic carbocycles. The van der Waals surface area contributed by atoms with Gasteiger partial charge in [-0.3, -0.25) is 4.68 Å². The molecule has 2 N–H and O–H groups in total. The molecule has 0 fully saturated rings. The van der Waals surface area contributed by atoms with Gasteiger partial charge >= 0.3 is 0 Å². The van der Waals surface area contributed by atoms with Crippen LogP contribution >= 0.6 is 0 Å². The lowest BCUT2D eigenvalue weighted by atomic mass is 10.1. The number of hydrogen-bond acceptors (Lipinski definition) is 3. The lowest BCUT2D eigenvalue weighted by molar-refractivity contribution is 0.123. The smallest absolute Gasteiger partial charge is 0.0687 e. The molecule has 0 saturated carbocycles. The summed E-state index contributed by atoms with van der Waals surface area (Å²) in [7, 11) is 0. The fourth-order valence-electron chi connectivity index (χ4n) is 1.42. The van der Waals surface area contributed by atoms with E-state index in [4.69, 9.17) is 0 Å². The van der Waals surface area contributed by atoms with Crippen molar-refractivity contribution in [3.05, 3.63) is 18.0 Å². The molecule has 0 radical (unpaired) electrons. The van der Waals surface area contributed by atoms with E-state index in [0.29, 0.717) is 12.5 Å². The summed E-state index contributed by atoms with van der Waals surface area (Å²) in [4.78, 5) is 0. The standard InChI is InChI=1S/C13H25N3O/c1-10(2)12(17)8-14-6-11-7-15-16(9-11)13(3,4)5/h7,9-10,12,14,17H,6,8H2,1-5H3. The predicted molar refractivity (Wildman–Crippen MR) is 69.8 cm³/mol. The topological polar surface area (TPSA) is 50.1 Å². The van der Waals surface area contributed by atoms with Crippen molar-refractivity contribution in [1.82, 2.24) is 15.1 Å². The summed E-state index contributed by atoms with van der Waals surface area (Å²) in [6, 6.07) is 0. The molecule has 4 heteroatoms. The normalized spacial score (nSPS) is 14.3. The molecular weight excluding hydrogens is 214 g/mol. The number of aliphatic hydroxyl groups is 1. The summed E-state index contributed by atoms with van der Waals surface area (Å²) in [6.07, 6.45) is 3.64. The molecule has 1 atom stereocenters. The molecule has 0 bridgehead atoms. The first-order chi connectivity index (χ1) is 7.80. The number of rotatable bonds is 5. The molecule has 0 spiro atoms. The Bertz CT molecular complexity index is 339. The Balaban J connectivity index is 2.41. The van der Waals surface area contributed by atoms with Gasteiger partial charge < -0.3 is 10.4 Å². The Morgan fingerprint density at radius 2 is 2.06 bits per heavy atom. The monoisotopic (exact) mass is 239 g/mol. The maximum Gasteiger partial charge on any atom is 0.0687 e. The van der Waals surface area contributed by atoms with Gasteiger partial charge in [0.1, 0.15) is 0 Å². The molecule has 0 aliphatic heterocycles. The van der Waals surface area contributed by atoms with Gasteiger partial charge in [0.25, 0.3) is 0 Å². The van der Waals surface area contributed by atoms with Crippen LogP contribution < -0.4 is 5.32 Å². The van der Waals surface area contributed by atoms with Crippen molar-refractivity contribution in [2.24, 2.45) is 5.92 Å². The highest BCUT2D eigenvalue weighted by Gasteiger charge is 2.14. The molecular formula is C13H25N3O. The number of aliphatic hydroxyl groups excluding tert-OH is 1. The van der Waals surface area contributed by atoms with Crippen molar-refractivity contribution in [1.29, 1.82) is 0 Å². The van der Waals surface area contributed by atoms with Crippen LogP contribution in [0.25, 0.3) is 0 Å². The molecule has 0 saturated heterocycles. The van der Waals surface area contributed by atoms with E-state index in [1.165, 1.54) is 0 Å². The number of nitrogens with one attached hydrogen (secondary N) is 1. The third-order valence-electron chi connectivity index (χ3n) is 2.78. The van der Waals surface area contributed by atoms with Gasteiger partial charge in [0.05, 0.1) is 17.8 Å². The van der Waals surface area contributed by atoms with Crippen LogP contribution in [0.5, 0.6) is 0 Å². The lowest BCUT2D eigenvalue weighted by Gasteiger charge is -2.18. The molecule has 4 nitrogen and oxygen atoms in total. The minimum atomic E-state index is -0.285. The molecule has 1 rings (SSSR count). The van der Waals surface area contributed by atoms with E-state index in [1.807, 2.05) is 24.7 Å². The first kappa shape index (κ1) is 14.2. The van der Waals surface area contributed by atoms with Gasteiger partial charge in [-0.15, -0.1) is 0 Å². The largest absolute Gasteiger partial charge is 0.392 e. The highest BCUT2D eigenvalue weighted by molar-refractivity contribution is 5.04. The van der Waals surface area contributed by atoms with Gasteiger partial charge in [-0.05, 0) is 26.7 Å². The van der Waals surface area contributed by atoms with Crippen LogP contribution in [0.2, 0.25) is 0 Å². The van der Waals surface area contributed by atoms with E-state index in [9.17, 15) is 5.11 Å². The number of hydrogen-bond donors (Lipinski definition) is 2. The maximum atomic E-state index is 9.66. The molecule has 17 heavy (non-hydrogen) atoms. The fourth-order valence-corrected chi connectivity index (χ4v) is 1.42. The Morgan fingerprint density at radius 3 is 2.53 bits per heavy atom. The SMILES string of the molecule is CC(C)C(O)CNCc1cnn(C(C)(C)C)c1. The van der Waals surface area contributed by atoms with Crippen LogP contribution in [0.4, 0.5) is 0 Å². The fraction of sp³-hybridized carbons (Fsp3) is 0.769. The average molecular weight is 239 g/mol. The van der Waals surface area contributed by atoms with Crippen molar-refractivity contribution >= 4 is 0 Å². The second-order valence-corrected chi connectivity index (χ2v) is 5.91. The quantitative estimate of drug-likeness (QED) is 0.823. The van der Waals surface area contributed by atoms with Gasteiger partial charge in [-0.2, -0.15) is 5.10 Å². The van der Waals surface area contributed by atoms with Crippen molar-refractivity contribution in [2.45, 2.75) is 52.8 Å². The third-order valence-corrected chi connectivity index (χ3v) is 2.78. The van der Waals surface area contributed by atoms with E-state index in [0.717, 1.165) is 12.1 Å². The second-order valence-electron chi connectivity index (χ2n) is 5.91. The summed E-state index contributed by atoms with van der Waals surface area (Å²) in [5, 5.41) is 17.2. The molecule has 1 unspecified atom stereocenters. The van der Waals surface area contributed by atoms with E-state index in [2.05, 4.69) is 37.4 Å². The maximum absolute atomic E-state index is 9.66. The number of aromatic nitrogens is 2. The Morgan fingerprint density at radius 1 is 1.41 bits per heavy atom. The van der Waals surface area contributed by atoms with E-state index >= 15 is 0 Å². The van der Waals surface area contributed by atoms with Crippen LogP contribution in [0.15, 0.2) is 12.4 Å². The van der Waals surface area contributed by atoms with Crippen molar-refractivity contribution < 1.29 is 5.11 Å². The molecule has 1 aromatic rings. The summed E-state index contributed by atoms with van der Waals surface area (Å²) in [6.45, 7) is 11.8. The minimum Gasteiger partial charge on any atom is -0.392 e. The molecule has 0 amide bonds. The van der Waals surface area contributed by atoms with Crippen LogP contribution in [0.1, 0.15) is 40.2 Å². The molecule has 1 heterocycles. The molecule has 1 aromatic heterocycles. The second kappa shape index (κ2) is 5.65. The van der Waals surface area contributed by atoms with E-state index in [-0.39, 0.29) is 11.6 Å². The summed E-state index contributed by atoms with van der Waals surface area (Å²) >= 11 is 0. The van der Waals surface area contributed by atoms with Gasteiger partial charge in [0.2, 0.25) is 0 Å². The van der Waals surface area contributed by atoms with E-state index < -0.39 is 0 Å². The van der Waals surface area contributed by atoms with Crippen LogP contribution in [0, 0.1) is 5.92 Å². The number of nitrogens with zero attached hydrogens (tertiary/aromatic N) is 2. The van der Waals surface area contributed by atoms with Crippen LogP contribution in [0.3, 0.4) is 0 Å². The highest BCUT2D eigenvalue weighted by Crippen LogP contribution is 2.13. The lowest BCUT2D eigenvalue weighted by Crippen LogP contribution is -2.30. The predicted octanol–water partition coefficient (Wildman–Crippen LogP) is 1.74. The van der Waals surface area contributed by atoms with Gasteiger partial charge in [0.15, 0.2) is 0 Å². The Hall–Kier alpha value is -0.870. The molecule has 98 valence electrons. The molecule has 0 aliphatic carbocycles. The van der Waals surface area contributed by atoms with Gasteiger partial charge in [-0.25, -0.2) is 0 Å². The van der Waals surface area contributed by atoms with Crippen molar-refractivity contribution in [3.63, 3.8) is 0 Å².